The first-order valence-electron chi connectivity index (χ1n) is 3.37. The van der Waals surface area contributed by atoms with Crippen molar-refractivity contribution in [3.8, 4) is 0 Å². The number of hydrogen-bond acceptors (Lipinski definition) is 2. The molecule has 0 N–H and O–H groups in total. The molecule has 0 aromatic rings. The summed E-state index contributed by atoms with van der Waals surface area (Å²) in [5, 5.41) is 0.442. The molecule has 1 fully saturated rings. The van der Waals surface area contributed by atoms with Crippen molar-refractivity contribution < 1.29 is 4.79 Å². The van der Waals surface area contributed by atoms with Gasteiger partial charge in [0.05, 0.1) is 11.7 Å². The minimum Gasteiger partial charge on any atom is -0.298 e. The molecule has 1 nitrogen and oxygen atoms in total. The summed E-state index contributed by atoms with van der Waals surface area (Å²) in [7, 11) is 0. The van der Waals surface area contributed by atoms with Crippen LogP contribution >= 0.6 is 11.8 Å². The SMILES string of the molecule is O=C1CSC2C=CC=CC12. The van der Waals surface area contributed by atoms with E-state index in [1.165, 1.54) is 0 Å². The largest absolute Gasteiger partial charge is 0.298 e. The maximum atomic E-state index is 11.1. The molecule has 2 atom stereocenters. The van der Waals surface area contributed by atoms with Gasteiger partial charge in [0, 0.05) is 5.25 Å². The van der Waals surface area contributed by atoms with Crippen LogP contribution in [0.25, 0.3) is 0 Å². The smallest absolute Gasteiger partial charge is 0.151 e. The number of hydrogen-bond donors (Lipinski definition) is 0. The van der Waals surface area contributed by atoms with E-state index in [9.17, 15) is 4.79 Å². The fourth-order valence-corrected chi connectivity index (χ4v) is 2.51. The Morgan fingerprint density at radius 1 is 1.40 bits per heavy atom. The summed E-state index contributed by atoms with van der Waals surface area (Å²) in [6, 6.07) is 0. The Hall–Kier alpha value is -0.500. The third kappa shape index (κ3) is 0.833. The van der Waals surface area contributed by atoms with E-state index >= 15 is 0 Å². The first kappa shape index (κ1) is 6.23. The van der Waals surface area contributed by atoms with Crippen LogP contribution in [0.15, 0.2) is 24.3 Å². The zero-order chi connectivity index (χ0) is 6.97. The fraction of sp³-hybridized carbons (Fsp3) is 0.375. The molecule has 0 spiro atoms. The maximum absolute atomic E-state index is 11.1. The van der Waals surface area contributed by atoms with Gasteiger partial charge in [-0.05, 0) is 0 Å². The highest BCUT2D eigenvalue weighted by Gasteiger charge is 2.32. The highest BCUT2D eigenvalue weighted by atomic mass is 32.2. The minimum atomic E-state index is 0.190. The molecule has 0 saturated carbocycles. The average molecular weight is 152 g/mol. The quantitative estimate of drug-likeness (QED) is 0.522. The predicted octanol–water partition coefficient (Wildman–Crippen LogP) is 1.41. The third-order valence-electron chi connectivity index (χ3n) is 1.87. The Kier molecular flexibility index (Phi) is 1.42. The molecule has 0 aromatic carbocycles. The van der Waals surface area contributed by atoms with Crippen LogP contribution in [0.4, 0.5) is 0 Å². The molecule has 0 radical (unpaired) electrons. The molecule has 0 bridgehead atoms. The van der Waals surface area contributed by atoms with Crippen molar-refractivity contribution in [1.82, 2.24) is 0 Å². The van der Waals surface area contributed by atoms with Crippen LogP contribution in [0, 0.1) is 5.92 Å². The highest BCUT2D eigenvalue weighted by Crippen LogP contribution is 2.33. The number of rotatable bonds is 0. The molecule has 2 heteroatoms. The van der Waals surface area contributed by atoms with Crippen LogP contribution in [0.5, 0.6) is 0 Å². The maximum Gasteiger partial charge on any atom is 0.151 e. The van der Waals surface area contributed by atoms with Crippen LogP contribution in [0.3, 0.4) is 0 Å². The lowest BCUT2D eigenvalue weighted by Crippen LogP contribution is -2.15. The molecule has 2 rings (SSSR count). The van der Waals surface area contributed by atoms with E-state index in [2.05, 4.69) is 6.08 Å². The van der Waals surface area contributed by atoms with E-state index in [4.69, 9.17) is 0 Å². The van der Waals surface area contributed by atoms with Crippen LogP contribution < -0.4 is 0 Å². The summed E-state index contributed by atoms with van der Waals surface area (Å²) in [5.41, 5.74) is 0. The number of thioether (sulfide) groups is 1. The number of ketones is 1. The van der Waals surface area contributed by atoms with Crippen molar-refractivity contribution in [2.75, 3.05) is 5.75 Å². The molecule has 2 unspecified atom stereocenters. The van der Waals surface area contributed by atoms with Crippen molar-refractivity contribution in [1.29, 1.82) is 0 Å². The van der Waals surface area contributed by atoms with E-state index < -0.39 is 0 Å². The molecule has 1 heterocycles. The van der Waals surface area contributed by atoms with Gasteiger partial charge in [-0.2, -0.15) is 0 Å². The zero-order valence-corrected chi connectivity index (χ0v) is 6.30. The van der Waals surface area contributed by atoms with E-state index in [1.807, 2.05) is 18.2 Å². The Morgan fingerprint density at radius 2 is 2.20 bits per heavy atom. The summed E-state index contributed by atoms with van der Waals surface area (Å²) in [4.78, 5) is 11.1. The topological polar surface area (TPSA) is 17.1 Å². The monoisotopic (exact) mass is 152 g/mol. The summed E-state index contributed by atoms with van der Waals surface area (Å²) >= 11 is 1.75. The second kappa shape index (κ2) is 2.27. The molecule has 1 saturated heterocycles. The lowest BCUT2D eigenvalue weighted by molar-refractivity contribution is -0.118. The molecular formula is C8H8OS. The number of fused-ring (bicyclic) bond motifs is 1. The summed E-state index contributed by atoms with van der Waals surface area (Å²) < 4.78 is 0. The van der Waals surface area contributed by atoms with Gasteiger partial charge in [0.1, 0.15) is 0 Å². The van der Waals surface area contributed by atoms with Gasteiger partial charge in [-0.1, -0.05) is 24.3 Å². The number of carbonyl (C=O) groups is 1. The zero-order valence-electron chi connectivity index (χ0n) is 5.49. The van der Waals surface area contributed by atoms with Crippen molar-refractivity contribution in [2.24, 2.45) is 5.92 Å². The molecule has 52 valence electrons. The first-order valence-corrected chi connectivity index (χ1v) is 4.42. The predicted molar refractivity (Wildman–Crippen MR) is 43.0 cm³/mol. The summed E-state index contributed by atoms with van der Waals surface area (Å²) in [6.45, 7) is 0. The molecule has 0 amide bonds. The second-order valence-electron chi connectivity index (χ2n) is 2.54. The van der Waals surface area contributed by atoms with Gasteiger partial charge in [0.25, 0.3) is 0 Å². The molecule has 10 heavy (non-hydrogen) atoms. The van der Waals surface area contributed by atoms with Gasteiger partial charge < -0.3 is 0 Å². The third-order valence-corrected chi connectivity index (χ3v) is 3.16. The standard InChI is InChI=1S/C8H8OS/c9-7-5-10-8-4-2-1-3-6(7)8/h1-4,6,8H,5H2. The number of Topliss-reactive ketones (excluding diaryl/α,β-unsaturated/α-hetero) is 1. The van der Waals surface area contributed by atoms with Gasteiger partial charge in [-0.15, -0.1) is 11.8 Å². The van der Waals surface area contributed by atoms with Gasteiger partial charge in [-0.25, -0.2) is 0 Å². The normalized spacial score (nSPS) is 36.6. The summed E-state index contributed by atoms with van der Waals surface area (Å²) in [5.74, 6) is 1.27. The van der Waals surface area contributed by atoms with Crippen molar-refractivity contribution >= 4 is 17.5 Å². The van der Waals surface area contributed by atoms with Gasteiger partial charge in [-0.3, -0.25) is 4.79 Å². The van der Waals surface area contributed by atoms with Crippen molar-refractivity contribution in [3.63, 3.8) is 0 Å². The Bertz CT molecular complexity index is 217. The minimum absolute atomic E-state index is 0.190. The Balaban J connectivity index is 2.27. The van der Waals surface area contributed by atoms with E-state index in [0.29, 0.717) is 16.8 Å². The van der Waals surface area contributed by atoms with E-state index in [1.54, 1.807) is 11.8 Å². The summed E-state index contributed by atoms with van der Waals surface area (Å²) in [6.07, 6.45) is 8.10. The van der Waals surface area contributed by atoms with Crippen LogP contribution in [0.1, 0.15) is 0 Å². The van der Waals surface area contributed by atoms with Gasteiger partial charge >= 0.3 is 0 Å². The molecule has 1 aliphatic heterocycles. The molecule has 0 aromatic heterocycles. The Morgan fingerprint density at radius 3 is 3.00 bits per heavy atom. The number of carbonyl (C=O) groups excluding carboxylic acids is 1. The number of allylic oxidation sites excluding steroid dienone is 3. The van der Waals surface area contributed by atoms with E-state index in [0.717, 1.165) is 0 Å². The lowest BCUT2D eigenvalue weighted by atomic mass is 9.97. The van der Waals surface area contributed by atoms with Crippen LogP contribution in [-0.2, 0) is 4.79 Å². The lowest BCUT2D eigenvalue weighted by Gasteiger charge is -2.11. The van der Waals surface area contributed by atoms with Crippen LogP contribution in [-0.4, -0.2) is 16.8 Å². The van der Waals surface area contributed by atoms with E-state index in [-0.39, 0.29) is 5.92 Å². The molecular weight excluding hydrogens is 144 g/mol. The second-order valence-corrected chi connectivity index (χ2v) is 3.70. The molecule has 2 aliphatic rings. The van der Waals surface area contributed by atoms with Crippen LogP contribution in [0.2, 0.25) is 0 Å². The average Bonchev–Trinajstić information content (AvgIpc) is 2.34. The molecule has 1 aliphatic carbocycles. The first-order chi connectivity index (χ1) is 4.88. The highest BCUT2D eigenvalue weighted by molar-refractivity contribution is 8.01. The fourth-order valence-electron chi connectivity index (χ4n) is 1.31. The van der Waals surface area contributed by atoms with Crippen molar-refractivity contribution in [3.05, 3.63) is 24.3 Å². The Labute approximate surface area is 64.2 Å². The van der Waals surface area contributed by atoms with Gasteiger partial charge in [0.2, 0.25) is 0 Å². The van der Waals surface area contributed by atoms with Gasteiger partial charge in [0.15, 0.2) is 5.78 Å². The van der Waals surface area contributed by atoms with Crippen molar-refractivity contribution in [2.45, 2.75) is 5.25 Å².